The molecule has 3 heteroatoms. The molecule has 0 bridgehead atoms. The molecule has 1 aromatic rings. The van der Waals surface area contributed by atoms with E-state index in [-0.39, 0.29) is 0 Å². The number of aromatic nitrogens is 1. The number of anilines is 1. The van der Waals surface area contributed by atoms with Gasteiger partial charge in [-0.25, -0.2) is 0 Å². The lowest BCUT2D eigenvalue weighted by Gasteiger charge is -2.38. The van der Waals surface area contributed by atoms with Crippen molar-refractivity contribution in [1.29, 1.82) is 0 Å². The van der Waals surface area contributed by atoms with Crippen LogP contribution in [0.2, 0.25) is 0 Å². The highest BCUT2D eigenvalue weighted by molar-refractivity contribution is 5.44. The Kier molecular flexibility index (Phi) is 4.56. The molecule has 1 aromatic heterocycles. The maximum atomic E-state index is 4.53. The first kappa shape index (κ1) is 13.9. The molecular weight excluding hydrogens is 246 g/mol. The van der Waals surface area contributed by atoms with E-state index in [1.54, 1.807) is 0 Å². The Morgan fingerprint density at radius 3 is 2.40 bits per heavy atom. The highest BCUT2D eigenvalue weighted by atomic mass is 15.1. The lowest BCUT2D eigenvalue weighted by molar-refractivity contribution is 0.222. The van der Waals surface area contributed by atoms with Crippen molar-refractivity contribution in [2.24, 2.45) is 11.8 Å². The van der Waals surface area contributed by atoms with Crippen molar-refractivity contribution in [2.75, 3.05) is 31.1 Å². The van der Waals surface area contributed by atoms with Gasteiger partial charge in [0.2, 0.25) is 0 Å². The minimum Gasteiger partial charge on any atom is -0.370 e. The number of hydrogen-bond acceptors (Lipinski definition) is 3. The zero-order valence-corrected chi connectivity index (χ0v) is 12.6. The smallest absolute Gasteiger partial charge is 0.0552 e. The van der Waals surface area contributed by atoms with Gasteiger partial charge < -0.3 is 10.2 Å². The SMILES string of the molecule is CCc1ccc(N2CCC(C3CCNCC3)CC2)cn1. The summed E-state index contributed by atoms with van der Waals surface area (Å²) in [5.41, 5.74) is 2.50. The predicted octanol–water partition coefficient (Wildman–Crippen LogP) is 2.86. The van der Waals surface area contributed by atoms with Crippen molar-refractivity contribution >= 4 is 5.69 Å². The second-order valence-electron chi connectivity index (χ2n) is 6.27. The van der Waals surface area contributed by atoms with Gasteiger partial charge >= 0.3 is 0 Å². The molecular formula is C17H27N3. The summed E-state index contributed by atoms with van der Waals surface area (Å²) in [6.45, 7) is 7.04. The Hall–Kier alpha value is -1.09. The van der Waals surface area contributed by atoms with Crippen LogP contribution in [0.25, 0.3) is 0 Å². The molecule has 3 nitrogen and oxygen atoms in total. The molecule has 0 radical (unpaired) electrons. The van der Waals surface area contributed by atoms with Crippen LogP contribution in [0.5, 0.6) is 0 Å². The Labute approximate surface area is 122 Å². The monoisotopic (exact) mass is 273 g/mol. The molecule has 0 aromatic carbocycles. The minimum absolute atomic E-state index is 0.955. The van der Waals surface area contributed by atoms with Crippen molar-refractivity contribution in [3.63, 3.8) is 0 Å². The average Bonchev–Trinajstić information content (AvgIpc) is 2.56. The van der Waals surface area contributed by atoms with Gasteiger partial charge in [-0.15, -0.1) is 0 Å². The highest BCUT2D eigenvalue weighted by Gasteiger charge is 2.27. The van der Waals surface area contributed by atoms with Crippen LogP contribution in [0.1, 0.15) is 38.3 Å². The third-order valence-corrected chi connectivity index (χ3v) is 5.13. The fourth-order valence-corrected chi connectivity index (χ4v) is 3.76. The van der Waals surface area contributed by atoms with Crippen LogP contribution in [-0.4, -0.2) is 31.2 Å². The Bertz CT molecular complexity index is 401. The quantitative estimate of drug-likeness (QED) is 0.918. The fourth-order valence-electron chi connectivity index (χ4n) is 3.76. The normalized spacial score (nSPS) is 22.1. The molecule has 2 fully saturated rings. The zero-order valence-electron chi connectivity index (χ0n) is 12.6. The number of rotatable bonds is 3. The van der Waals surface area contributed by atoms with Crippen molar-refractivity contribution in [3.05, 3.63) is 24.0 Å². The van der Waals surface area contributed by atoms with E-state index in [2.05, 4.69) is 40.5 Å². The third kappa shape index (κ3) is 3.14. The molecule has 3 heterocycles. The molecule has 2 aliphatic heterocycles. The molecule has 0 atom stereocenters. The van der Waals surface area contributed by atoms with Gasteiger partial charge in [-0.2, -0.15) is 0 Å². The molecule has 20 heavy (non-hydrogen) atoms. The lowest BCUT2D eigenvalue weighted by Crippen LogP contribution is -2.39. The Morgan fingerprint density at radius 1 is 1.10 bits per heavy atom. The number of nitrogens with one attached hydrogen (secondary N) is 1. The second kappa shape index (κ2) is 6.57. The molecule has 0 unspecified atom stereocenters. The molecule has 2 saturated heterocycles. The maximum Gasteiger partial charge on any atom is 0.0552 e. The van der Waals surface area contributed by atoms with Gasteiger partial charge in [0.05, 0.1) is 11.9 Å². The first-order valence-corrected chi connectivity index (χ1v) is 8.27. The van der Waals surface area contributed by atoms with Gasteiger partial charge in [0.15, 0.2) is 0 Å². The number of nitrogens with zero attached hydrogens (tertiary/aromatic N) is 2. The molecule has 0 spiro atoms. The van der Waals surface area contributed by atoms with E-state index < -0.39 is 0 Å². The van der Waals surface area contributed by atoms with Crippen molar-refractivity contribution in [2.45, 2.75) is 39.0 Å². The van der Waals surface area contributed by atoms with E-state index in [9.17, 15) is 0 Å². The summed E-state index contributed by atoms with van der Waals surface area (Å²) >= 11 is 0. The van der Waals surface area contributed by atoms with Gasteiger partial charge in [-0.3, -0.25) is 4.98 Å². The number of pyridine rings is 1. The standard InChI is InChI=1S/C17H27N3/c1-2-16-3-4-17(13-19-16)20-11-7-15(8-12-20)14-5-9-18-10-6-14/h3-4,13-15,18H,2,5-12H2,1H3. The second-order valence-corrected chi connectivity index (χ2v) is 6.27. The summed E-state index contributed by atoms with van der Waals surface area (Å²) in [5, 5.41) is 3.48. The van der Waals surface area contributed by atoms with E-state index in [0.717, 1.165) is 18.3 Å². The van der Waals surface area contributed by atoms with Gasteiger partial charge in [0.1, 0.15) is 0 Å². The van der Waals surface area contributed by atoms with E-state index >= 15 is 0 Å². The first-order chi connectivity index (χ1) is 9.86. The van der Waals surface area contributed by atoms with Gasteiger partial charge in [0, 0.05) is 18.8 Å². The summed E-state index contributed by atoms with van der Waals surface area (Å²) in [5.74, 6) is 1.93. The van der Waals surface area contributed by atoms with Gasteiger partial charge in [-0.1, -0.05) is 6.92 Å². The van der Waals surface area contributed by atoms with Gasteiger partial charge in [-0.05, 0) is 69.2 Å². The molecule has 0 aliphatic carbocycles. The van der Waals surface area contributed by atoms with Crippen LogP contribution in [0.15, 0.2) is 18.3 Å². The van der Waals surface area contributed by atoms with Crippen LogP contribution in [0.3, 0.4) is 0 Å². The summed E-state index contributed by atoms with van der Waals surface area (Å²) in [6.07, 6.45) is 8.58. The first-order valence-electron chi connectivity index (χ1n) is 8.27. The van der Waals surface area contributed by atoms with Crippen LogP contribution >= 0.6 is 0 Å². The molecule has 1 N–H and O–H groups in total. The topological polar surface area (TPSA) is 28.2 Å². The molecule has 0 saturated carbocycles. The van der Waals surface area contributed by atoms with Crippen molar-refractivity contribution < 1.29 is 0 Å². The summed E-state index contributed by atoms with van der Waals surface area (Å²) in [7, 11) is 0. The largest absolute Gasteiger partial charge is 0.370 e. The molecule has 0 amide bonds. The minimum atomic E-state index is 0.955. The van der Waals surface area contributed by atoms with E-state index in [0.29, 0.717) is 0 Å². The molecule has 2 aliphatic rings. The molecule has 3 rings (SSSR count). The van der Waals surface area contributed by atoms with Crippen LogP contribution < -0.4 is 10.2 Å². The number of hydrogen-bond donors (Lipinski definition) is 1. The van der Waals surface area contributed by atoms with Crippen molar-refractivity contribution in [3.8, 4) is 0 Å². The average molecular weight is 273 g/mol. The van der Waals surface area contributed by atoms with Gasteiger partial charge in [0.25, 0.3) is 0 Å². The zero-order chi connectivity index (χ0) is 13.8. The van der Waals surface area contributed by atoms with E-state index in [4.69, 9.17) is 0 Å². The molecule has 110 valence electrons. The van der Waals surface area contributed by atoms with Crippen LogP contribution in [0.4, 0.5) is 5.69 Å². The van der Waals surface area contributed by atoms with E-state index in [1.807, 2.05) is 0 Å². The lowest BCUT2D eigenvalue weighted by atomic mass is 9.79. The van der Waals surface area contributed by atoms with Crippen LogP contribution in [-0.2, 0) is 6.42 Å². The number of piperidine rings is 2. The summed E-state index contributed by atoms with van der Waals surface area (Å²) in [4.78, 5) is 7.05. The third-order valence-electron chi connectivity index (χ3n) is 5.13. The fraction of sp³-hybridized carbons (Fsp3) is 0.706. The number of aryl methyl sites for hydroxylation is 1. The maximum absolute atomic E-state index is 4.53. The highest BCUT2D eigenvalue weighted by Crippen LogP contribution is 2.32. The van der Waals surface area contributed by atoms with Crippen molar-refractivity contribution in [1.82, 2.24) is 10.3 Å². The summed E-state index contributed by atoms with van der Waals surface area (Å²) in [6, 6.07) is 4.42. The van der Waals surface area contributed by atoms with E-state index in [1.165, 1.54) is 63.2 Å². The summed E-state index contributed by atoms with van der Waals surface area (Å²) < 4.78 is 0. The predicted molar refractivity (Wildman–Crippen MR) is 84.1 cm³/mol. The Morgan fingerprint density at radius 2 is 1.80 bits per heavy atom. The van der Waals surface area contributed by atoms with Crippen LogP contribution in [0, 0.1) is 11.8 Å². The Balaban J connectivity index is 1.54.